The summed E-state index contributed by atoms with van der Waals surface area (Å²) in [6.45, 7) is 0.430. The number of hydrogen-bond donors (Lipinski definition) is 0. The first kappa shape index (κ1) is 16.8. The Balaban J connectivity index is 2.13. The van der Waals surface area contributed by atoms with Crippen molar-refractivity contribution in [2.24, 2.45) is 0 Å². The SMILES string of the molecule is O=COc1cncn1C(c1ccccc1)(c1ccccc1)c1ccccc1. The molecule has 0 spiro atoms. The third-order valence-corrected chi connectivity index (χ3v) is 4.71. The van der Waals surface area contributed by atoms with E-state index in [2.05, 4.69) is 41.4 Å². The zero-order chi connectivity index (χ0) is 18.5. The van der Waals surface area contributed by atoms with Gasteiger partial charge in [0.1, 0.15) is 5.54 Å². The highest BCUT2D eigenvalue weighted by atomic mass is 16.5. The van der Waals surface area contributed by atoms with Gasteiger partial charge in [-0.1, -0.05) is 91.0 Å². The van der Waals surface area contributed by atoms with Gasteiger partial charge in [0.15, 0.2) is 0 Å². The van der Waals surface area contributed by atoms with Crippen LogP contribution in [0.2, 0.25) is 0 Å². The molecule has 0 radical (unpaired) electrons. The normalized spacial score (nSPS) is 11.1. The molecule has 4 rings (SSSR count). The van der Waals surface area contributed by atoms with E-state index >= 15 is 0 Å². The van der Waals surface area contributed by atoms with Crippen LogP contribution in [-0.4, -0.2) is 16.0 Å². The third kappa shape index (κ3) is 2.81. The summed E-state index contributed by atoms with van der Waals surface area (Å²) in [7, 11) is 0. The Hall–Kier alpha value is -3.66. The molecule has 3 aromatic carbocycles. The average molecular weight is 354 g/mol. The number of benzene rings is 3. The molecule has 4 nitrogen and oxygen atoms in total. The lowest BCUT2D eigenvalue weighted by Crippen LogP contribution is -2.37. The smallest absolute Gasteiger partial charge is 0.299 e. The molecule has 0 saturated heterocycles. The van der Waals surface area contributed by atoms with Crippen molar-refractivity contribution < 1.29 is 9.53 Å². The summed E-state index contributed by atoms with van der Waals surface area (Å²) in [5, 5.41) is 0. The van der Waals surface area contributed by atoms with Gasteiger partial charge in [0, 0.05) is 0 Å². The standard InChI is InChI=1S/C23H18N2O2/c26-18-27-22-16-24-17-25(22)23(19-10-4-1-5-11-19,20-12-6-2-7-13-20)21-14-8-3-9-15-21/h1-18H. The topological polar surface area (TPSA) is 44.1 Å². The molecule has 27 heavy (non-hydrogen) atoms. The highest BCUT2D eigenvalue weighted by Crippen LogP contribution is 2.42. The van der Waals surface area contributed by atoms with Crippen LogP contribution < -0.4 is 4.74 Å². The quantitative estimate of drug-likeness (QED) is 0.384. The Morgan fingerprint density at radius 2 is 1.19 bits per heavy atom. The highest BCUT2D eigenvalue weighted by Gasteiger charge is 2.40. The molecule has 0 bridgehead atoms. The summed E-state index contributed by atoms with van der Waals surface area (Å²) < 4.78 is 7.17. The molecule has 0 aliphatic rings. The Morgan fingerprint density at radius 3 is 1.59 bits per heavy atom. The second-order valence-corrected chi connectivity index (χ2v) is 6.12. The summed E-state index contributed by atoms with van der Waals surface area (Å²) >= 11 is 0. The van der Waals surface area contributed by atoms with Crippen LogP contribution in [0.5, 0.6) is 5.88 Å². The molecule has 0 saturated carbocycles. The van der Waals surface area contributed by atoms with Crippen molar-refractivity contribution in [1.29, 1.82) is 0 Å². The van der Waals surface area contributed by atoms with Crippen molar-refractivity contribution in [3.05, 3.63) is 120 Å². The van der Waals surface area contributed by atoms with Crippen molar-refractivity contribution in [2.75, 3.05) is 0 Å². The first-order chi connectivity index (χ1) is 13.4. The maximum Gasteiger partial charge on any atom is 0.299 e. The Morgan fingerprint density at radius 1 is 0.741 bits per heavy atom. The first-order valence-corrected chi connectivity index (χ1v) is 8.67. The molecule has 0 atom stereocenters. The Bertz CT molecular complexity index is 915. The van der Waals surface area contributed by atoms with Gasteiger partial charge in [-0.05, 0) is 16.7 Å². The summed E-state index contributed by atoms with van der Waals surface area (Å²) in [4.78, 5) is 15.4. The van der Waals surface area contributed by atoms with Crippen LogP contribution in [0.25, 0.3) is 0 Å². The first-order valence-electron chi connectivity index (χ1n) is 8.67. The van der Waals surface area contributed by atoms with E-state index < -0.39 is 5.54 Å². The van der Waals surface area contributed by atoms with Crippen LogP contribution in [0.15, 0.2) is 104 Å². The van der Waals surface area contributed by atoms with E-state index in [1.165, 1.54) is 0 Å². The predicted octanol–water partition coefficient (Wildman–Crippen LogP) is 4.26. The van der Waals surface area contributed by atoms with E-state index in [1.807, 2.05) is 59.2 Å². The van der Waals surface area contributed by atoms with Gasteiger partial charge in [-0.2, -0.15) is 0 Å². The van der Waals surface area contributed by atoms with Crippen LogP contribution in [-0.2, 0) is 10.3 Å². The number of nitrogens with zero attached hydrogens (tertiary/aromatic N) is 2. The van der Waals surface area contributed by atoms with Crippen LogP contribution in [0, 0.1) is 0 Å². The molecule has 0 N–H and O–H groups in total. The minimum absolute atomic E-state index is 0.376. The fourth-order valence-electron chi connectivity index (χ4n) is 3.63. The maximum atomic E-state index is 11.1. The molecular weight excluding hydrogens is 336 g/mol. The van der Waals surface area contributed by atoms with Gasteiger partial charge in [0.25, 0.3) is 6.47 Å². The fourth-order valence-corrected chi connectivity index (χ4v) is 3.63. The fraction of sp³-hybridized carbons (Fsp3) is 0.0435. The van der Waals surface area contributed by atoms with Crippen LogP contribution >= 0.6 is 0 Å². The van der Waals surface area contributed by atoms with Gasteiger partial charge in [0.05, 0.1) is 12.5 Å². The van der Waals surface area contributed by atoms with Crippen molar-refractivity contribution in [3.8, 4) is 5.88 Å². The molecule has 1 heterocycles. The second-order valence-electron chi connectivity index (χ2n) is 6.12. The van der Waals surface area contributed by atoms with Crippen LogP contribution in [0.4, 0.5) is 0 Å². The van der Waals surface area contributed by atoms with E-state index in [-0.39, 0.29) is 0 Å². The number of carbonyl (C=O) groups excluding carboxylic acids is 1. The van der Waals surface area contributed by atoms with E-state index in [0.717, 1.165) is 16.7 Å². The van der Waals surface area contributed by atoms with E-state index in [9.17, 15) is 4.79 Å². The average Bonchev–Trinajstić information content (AvgIpc) is 3.20. The Labute approximate surface area is 157 Å². The van der Waals surface area contributed by atoms with Crippen molar-refractivity contribution in [1.82, 2.24) is 9.55 Å². The molecule has 0 amide bonds. The molecule has 0 aliphatic carbocycles. The summed E-state index contributed by atoms with van der Waals surface area (Å²) in [6, 6.07) is 30.4. The van der Waals surface area contributed by atoms with Gasteiger partial charge in [-0.25, -0.2) is 4.98 Å². The molecule has 4 heteroatoms. The largest absolute Gasteiger partial charge is 0.410 e. The van der Waals surface area contributed by atoms with Crippen LogP contribution in [0.3, 0.4) is 0 Å². The lowest BCUT2D eigenvalue weighted by Gasteiger charge is -2.37. The number of ether oxygens (including phenoxy) is 1. The second kappa shape index (κ2) is 7.30. The zero-order valence-corrected chi connectivity index (χ0v) is 14.6. The molecule has 1 aromatic heterocycles. The molecule has 0 unspecified atom stereocenters. The molecule has 0 aliphatic heterocycles. The number of aromatic nitrogens is 2. The highest BCUT2D eigenvalue weighted by molar-refractivity contribution is 5.52. The number of carbonyl (C=O) groups is 1. The van der Waals surface area contributed by atoms with Gasteiger partial charge in [-0.3, -0.25) is 9.36 Å². The number of hydrogen-bond acceptors (Lipinski definition) is 3. The number of rotatable bonds is 6. The molecular formula is C23H18N2O2. The summed E-state index contributed by atoms with van der Waals surface area (Å²) in [6.07, 6.45) is 3.25. The van der Waals surface area contributed by atoms with E-state index in [1.54, 1.807) is 12.5 Å². The number of imidazole rings is 1. The summed E-state index contributed by atoms with van der Waals surface area (Å²) in [5.41, 5.74) is 2.38. The maximum absolute atomic E-state index is 11.1. The van der Waals surface area contributed by atoms with E-state index in [0.29, 0.717) is 12.4 Å². The van der Waals surface area contributed by atoms with Crippen LogP contribution in [0.1, 0.15) is 16.7 Å². The molecule has 4 aromatic rings. The predicted molar refractivity (Wildman–Crippen MR) is 104 cm³/mol. The molecule has 0 fully saturated rings. The van der Waals surface area contributed by atoms with Gasteiger partial charge < -0.3 is 4.74 Å². The van der Waals surface area contributed by atoms with Gasteiger partial charge >= 0.3 is 0 Å². The minimum atomic E-state index is -0.737. The Kier molecular flexibility index (Phi) is 4.54. The zero-order valence-electron chi connectivity index (χ0n) is 14.6. The van der Waals surface area contributed by atoms with Crippen molar-refractivity contribution in [2.45, 2.75) is 5.54 Å². The van der Waals surface area contributed by atoms with Gasteiger partial charge in [-0.15, -0.1) is 0 Å². The summed E-state index contributed by atoms with van der Waals surface area (Å²) in [5.74, 6) is 0.376. The van der Waals surface area contributed by atoms with E-state index in [4.69, 9.17) is 4.74 Å². The van der Waals surface area contributed by atoms with Gasteiger partial charge in [0.2, 0.25) is 5.88 Å². The lowest BCUT2D eigenvalue weighted by atomic mass is 9.76. The van der Waals surface area contributed by atoms with Crippen molar-refractivity contribution in [3.63, 3.8) is 0 Å². The minimum Gasteiger partial charge on any atom is -0.410 e. The monoisotopic (exact) mass is 354 g/mol. The lowest BCUT2D eigenvalue weighted by molar-refractivity contribution is -0.121. The molecule has 132 valence electrons. The van der Waals surface area contributed by atoms with Crippen molar-refractivity contribution >= 4 is 6.47 Å². The third-order valence-electron chi connectivity index (χ3n) is 4.71.